The number of amides is 1. The molecule has 0 atom stereocenters. The third-order valence-corrected chi connectivity index (χ3v) is 2.41. The van der Waals surface area contributed by atoms with E-state index in [1.54, 1.807) is 31.2 Å². The molecule has 2 aromatic heterocycles. The van der Waals surface area contributed by atoms with Gasteiger partial charge in [0, 0.05) is 0 Å². The summed E-state index contributed by atoms with van der Waals surface area (Å²) >= 11 is 5.82. The number of carbonyl (C=O) groups excluding carboxylic acids is 1. The van der Waals surface area contributed by atoms with Crippen LogP contribution in [0.3, 0.4) is 0 Å². The third-order valence-electron chi connectivity index (χ3n) is 2.01. The van der Waals surface area contributed by atoms with E-state index in [9.17, 15) is 4.79 Å². The van der Waals surface area contributed by atoms with Gasteiger partial charge in [0.05, 0.1) is 17.0 Å². The monoisotopic (exact) mass is 236 g/mol. The van der Waals surface area contributed by atoms with E-state index in [0.717, 1.165) is 0 Å². The molecule has 2 aromatic rings. The Morgan fingerprint density at radius 3 is 2.88 bits per heavy atom. The van der Waals surface area contributed by atoms with Crippen LogP contribution in [0.25, 0.3) is 0 Å². The number of aromatic nitrogens is 1. The first-order valence-corrected chi connectivity index (χ1v) is 5.02. The Balaban J connectivity index is 2.15. The van der Waals surface area contributed by atoms with Crippen LogP contribution >= 0.6 is 11.6 Å². The summed E-state index contributed by atoms with van der Waals surface area (Å²) in [5.41, 5.74) is 0.666. The zero-order valence-corrected chi connectivity index (χ0v) is 9.28. The number of nitrogens with one attached hydrogen (secondary N) is 1. The van der Waals surface area contributed by atoms with Crippen molar-refractivity contribution < 1.29 is 9.21 Å². The van der Waals surface area contributed by atoms with E-state index in [4.69, 9.17) is 16.0 Å². The van der Waals surface area contributed by atoms with Crippen molar-refractivity contribution >= 4 is 23.3 Å². The zero-order valence-electron chi connectivity index (χ0n) is 8.53. The summed E-state index contributed by atoms with van der Waals surface area (Å²) in [6.45, 7) is 1.77. The van der Waals surface area contributed by atoms with E-state index in [2.05, 4.69) is 10.3 Å². The van der Waals surface area contributed by atoms with Crippen LogP contribution in [0.5, 0.6) is 0 Å². The van der Waals surface area contributed by atoms with Crippen molar-refractivity contribution in [3.63, 3.8) is 0 Å². The average molecular weight is 237 g/mol. The van der Waals surface area contributed by atoms with Crippen molar-refractivity contribution in [2.24, 2.45) is 0 Å². The van der Waals surface area contributed by atoms with Crippen molar-refractivity contribution in [2.75, 3.05) is 5.32 Å². The Kier molecular flexibility index (Phi) is 2.92. The number of pyridine rings is 1. The Labute approximate surface area is 97.2 Å². The fraction of sp³-hybridized carbons (Fsp3) is 0.0909. The molecule has 0 aliphatic carbocycles. The number of hydrogen-bond acceptors (Lipinski definition) is 3. The van der Waals surface area contributed by atoms with Crippen molar-refractivity contribution in [1.82, 2.24) is 4.98 Å². The van der Waals surface area contributed by atoms with Crippen LogP contribution < -0.4 is 5.32 Å². The number of hydrogen-bond donors (Lipinski definition) is 1. The van der Waals surface area contributed by atoms with Gasteiger partial charge in [-0.25, -0.2) is 4.98 Å². The first kappa shape index (κ1) is 10.7. The van der Waals surface area contributed by atoms with Gasteiger partial charge in [-0.05, 0) is 31.2 Å². The van der Waals surface area contributed by atoms with Crippen molar-refractivity contribution in [1.29, 1.82) is 0 Å². The highest BCUT2D eigenvalue weighted by molar-refractivity contribution is 6.31. The highest BCUT2D eigenvalue weighted by Gasteiger charge is 2.09. The predicted octanol–water partition coefficient (Wildman–Crippen LogP) is 2.89. The second-order valence-electron chi connectivity index (χ2n) is 3.20. The van der Waals surface area contributed by atoms with Crippen LogP contribution in [-0.2, 0) is 0 Å². The van der Waals surface area contributed by atoms with Gasteiger partial charge in [0.2, 0.25) is 0 Å². The molecule has 0 fully saturated rings. The predicted molar refractivity (Wildman–Crippen MR) is 60.6 cm³/mol. The number of carbonyl (C=O) groups is 1. The molecule has 0 saturated heterocycles. The minimum atomic E-state index is -0.334. The van der Waals surface area contributed by atoms with Crippen LogP contribution in [-0.4, -0.2) is 10.9 Å². The summed E-state index contributed by atoms with van der Waals surface area (Å²) in [7, 11) is 0. The number of rotatable bonds is 2. The first-order chi connectivity index (χ1) is 7.66. The molecular weight excluding hydrogens is 228 g/mol. The molecule has 1 amide bonds. The fourth-order valence-electron chi connectivity index (χ4n) is 1.20. The second-order valence-corrected chi connectivity index (χ2v) is 3.60. The molecule has 16 heavy (non-hydrogen) atoms. The Hall–Kier alpha value is -1.81. The molecule has 0 unspecified atom stereocenters. The van der Waals surface area contributed by atoms with Crippen molar-refractivity contribution in [2.45, 2.75) is 6.92 Å². The lowest BCUT2D eigenvalue weighted by Gasteiger charge is -2.03. The van der Waals surface area contributed by atoms with E-state index in [1.165, 1.54) is 6.26 Å². The highest BCUT2D eigenvalue weighted by atomic mass is 35.5. The molecule has 2 rings (SSSR count). The minimum Gasteiger partial charge on any atom is -0.459 e. The number of furan rings is 1. The van der Waals surface area contributed by atoms with Gasteiger partial charge in [-0.3, -0.25) is 4.79 Å². The highest BCUT2D eigenvalue weighted by Crippen LogP contribution is 2.16. The van der Waals surface area contributed by atoms with Crippen LogP contribution in [0.15, 0.2) is 34.9 Å². The molecule has 4 nitrogen and oxygen atoms in total. The smallest absolute Gasteiger partial charge is 0.292 e. The maximum Gasteiger partial charge on any atom is 0.292 e. The van der Waals surface area contributed by atoms with Gasteiger partial charge < -0.3 is 9.73 Å². The normalized spacial score (nSPS) is 10.1. The van der Waals surface area contributed by atoms with E-state index >= 15 is 0 Å². The summed E-state index contributed by atoms with van der Waals surface area (Å²) in [5.74, 6) is 0.358. The summed E-state index contributed by atoms with van der Waals surface area (Å²) in [6.07, 6.45) is 1.44. The number of anilines is 1. The lowest BCUT2D eigenvalue weighted by molar-refractivity contribution is 0.0996. The number of nitrogens with zero attached hydrogens (tertiary/aromatic N) is 1. The summed E-state index contributed by atoms with van der Waals surface area (Å²) in [5, 5.41) is 3.18. The summed E-state index contributed by atoms with van der Waals surface area (Å²) < 4.78 is 4.96. The van der Waals surface area contributed by atoms with E-state index in [1.807, 2.05) is 0 Å². The van der Waals surface area contributed by atoms with Gasteiger partial charge in [0.25, 0.3) is 5.91 Å². The van der Waals surface area contributed by atoms with Crippen LogP contribution in [0, 0.1) is 6.92 Å². The van der Waals surface area contributed by atoms with Crippen molar-refractivity contribution in [3.05, 3.63) is 47.0 Å². The van der Waals surface area contributed by atoms with E-state index in [0.29, 0.717) is 16.5 Å². The maximum absolute atomic E-state index is 11.6. The lowest BCUT2D eigenvalue weighted by atomic mass is 10.3. The van der Waals surface area contributed by atoms with Crippen LogP contribution in [0.4, 0.5) is 5.82 Å². The van der Waals surface area contributed by atoms with E-state index < -0.39 is 0 Å². The SMILES string of the molecule is Cc1nc(NC(=O)c2ccco2)ccc1Cl. The van der Waals surface area contributed by atoms with Crippen LogP contribution in [0.1, 0.15) is 16.2 Å². The topological polar surface area (TPSA) is 55.1 Å². The quantitative estimate of drug-likeness (QED) is 0.872. The lowest BCUT2D eigenvalue weighted by Crippen LogP contribution is -2.12. The van der Waals surface area contributed by atoms with Gasteiger partial charge in [0.1, 0.15) is 5.82 Å². The molecule has 0 saturated carbocycles. The largest absolute Gasteiger partial charge is 0.459 e. The molecule has 0 radical (unpaired) electrons. The van der Waals surface area contributed by atoms with Gasteiger partial charge >= 0.3 is 0 Å². The van der Waals surface area contributed by atoms with Crippen LogP contribution in [0.2, 0.25) is 5.02 Å². The molecule has 5 heteroatoms. The average Bonchev–Trinajstić information content (AvgIpc) is 2.77. The molecule has 0 bridgehead atoms. The summed E-state index contributed by atoms with van der Waals surface area (Å²) in [6, 6.07) is 6.55. The minimum absolute atomic E-state index is 0.245. The Bertz CT molecular complexity index is 509. The Morgan fingerprint density at radius 2 is 2.25 bits per heavy atom. The zero-order chi connectivity index (χ0) is 11.5. The molecule has 82 valence electrons. The number of halogens is 1. The molecule has 0 aliphatic heterocycles. The van der Waals surface area contributed by atoms with Gasteiger partial charge in [-0.1, -0.05) is 11.6 Å². The number of aryl methyl sites for hydroxylation is 1. The molecule has 2 heterocycles. The van der Waals surface area contributed by atoms with Crippen molar-refractivity contribution in [3.8, 4) is 0 Å². The molecule has 0 spiro atoms. The second kappa shape index (κ2) is 4.37. The molecule has 0 aromatic carbocycles. The molecular formula is C11H9ClN2O2. The Morgan fingerprint density at radius 1 is 1.44 bits per heavy atom. The first-order valence-electron chi connectivity index (χ1n) is 4.65. The fourth-order valence-corrected chi connectivity index (χ4v) is 1.30. The van der Waals surface area contributed by atoms with Gasteiger partial charge in [0.15, 0.2) is 5.76 Å². The molecule has 1 N–H and O–H groups in total. The molecule has 0 aliphatic rings. The maximum atomic E-state index is 11.6. The van der Waals surface area contributed by atoms with Gasteiger partial charge in [-0.15, -0.1) is 0 Å². The third kappa shape index (κ3) is 2.23. The van der Waals surface area contributed by atoms with Gasteiger partial charge in [-0.2, -0.15) is 0 Å². The summed E-state index contributed by atoms with van der Waals surface area (Å²) in [4.78, 5) is 15.7. The van der Waals surface area contributed by atoms with E-state index in [-0.39, 0.29) is 11.7 Å². The standard InChI is InChI=1S/C11H9ClN2O2/c1-7-8(12)4-5-10(13-7)14-11(15)9-3-2-6-16-9/h2-6H,1H3,(H,13,14,15).